The average Bonchev–Trinajstić information content (AvgIpc) is 2.60. The van der Waals surface area contributed by atoms with Crippen molar-refractivity contribution in [1.82, 2.24) is 4.90 Å². The summed E-state index contributed by atoms with van der Waals surface area (Å²) < 4.78 is 0. The number of hydrogen-bond donors (Lipinski definition) is 0. The molecule has 0 heterocycles. The van der Waals surface area contributed by atoms with Crippen molar-refractivity contribution < 1.29 is 5.48 Å². The van der Waals surface area contributed by atoms with Gasteiger partial charge in [0, 0.05) is 0 Å². The summed E-state index contributed by atoms with van der Waals surface area (Å²) in [6.07, 6.45) is 23.9. The highest BCUT2D eigenvalue weighted by Crippen LogP contribution is 2.28. The molecule has 0 saturated heterocycles. The molecule has 0 spiro atoms. The molecule has 0 amide bonds. The molecule has 0 radical (unpaired) electrons. The quantitative estimate of drug-likeness (QED) is 0.318. The van der Waals surface area contributed by atoms with Gasteiger partial charge in [0.1, 0.15) is 0 Å². The smallest absolute Gasteiger partial charge is 0.00190 e. The van der Waals surface area contributed by atoms with Gasteiger partial charge in [0.2, 0.25) is 0 Å². The van der Waals surface area contributed by atoms with Gasteiger partial charge in [-0.25, -0.2) is 0 Å². The Morgan fingerprint density at radius 3 is 1.58 bits per heavy atom. The second-order valence-corrected chi connectivity index (χ2v) is 7.86. The van der Waals surface area contributed by atoms with Gasteiger partial charge in [0.15, 0.2) is 0 Å². The molecule has 1 saturated carbocycles. The Kier molecular flexibility index (Phi) is 17.7. The van der Waals surface area contributed by atoms with E-state index in [-0.39, 0.29) is 5.48 Å². The second kappa shape index (κ2) is 17.7. The SMILES string of the molecule is CCN(CC)CCCCCCCCCCCCC1CCCCC1.O. The fourth-order valence-electron chi connectivity index (χ4n) is 4.20. The molecule has 2 heteroatoms. The normalized spacial score (nSPS) is 15.6. The molecule has 0 aromatic rings. The van der Waals surface area contributed by atoms with E-state index in [0.29, 0.717) is 0 Å². The van der Waals surface area contributed by atoms with Crippen LogP contribution in [0.5, 0.6) is 0 Å². The van der Waals surface area contributed by atoms with Crippen LogP contribution in [0.1, 0.15) is 117 Å². The standard InChI is InChI=1S/C22H45N.H2O/c1-3-23(4-2)21-17-12-10-8-6-5-7-9-11-14-18-22-19-15-13-16-20-22;/h22H,3-21H2,1-2H3;1H2. The van der Waals surface area contributed by atoms with Crippen LogP contribution in [0.3, 0.4) is 0 Å². The van der Waals surface area contributed by atoms with E-state index in [4.69, 9.17) is 0 Å². The van der Waals surface area contributed by atoms with Gasteiger partial charge >= 0.3 is 0 Å². The van der Waals surface area contributed by atoms with Crippen LogP contribution in [0.15, 0.2) is 0 Å². The molecule has 2 nitrogen and oxygen atoms in total. The predicted molar refractivity (Wildman–Crippen MR) is 109 cm³/mol. The molecular formula is C22H47NO. The van der Waals surface area contributed by atoms with Gasteiger partial charge in [-0.05, 0) is 32.0 Å². The van der Waals surface area contributed by atoms with Crippen molar-refractivity contribution in [2.75, 3.05) is 19.6 Å². The monoisotopic (exact) mass is 341 g/mol. The van der Waals surface area contributed by atoms with Gasteiger partial charge in [-0.1, -0.05) is 110 Å². The molecule has 1 aliphatic carbocycles. The first kappa shape index (κ1) is 23.9. The number of hydrogen-bond acceptors (Lipinski definition) is 1. The van der Waals surface area contributed by atoms with Crippen LogP contribution in [0.4, 0.5) is 0 Å². The number of unbranched alkanes of at least 4 members (excludes halogenated alkanes) is 9. The molecule has 0 aromatic heterocycles. The molecule has 1 aliphatic rings. The van der Waals surface area contributed by atoms with E-state index in [9.17, 15) is 0 Å². The first-order valence-corrected chi connectivity index (χ1v) is 11.1. The maximum absolute atomic E-state index is 2.55. The Morgan fingerprint density at radius 2 is 1.08 bits per heavy atom. The Labute approximate surface area is 153 Å². The Morgan fingerprint density at radius 1 is 0.625 bits per heavy atom. The summed E-state index contributed by atoms with van der Waals surface area (Å²) in [5.74, 6) is 1.10. The van der Waals surface area contributed by atoms with Crippen LogP contribution < -0.4 is 0 Å². The van der Waals surface area contributed by atoms with E-state index in [1.54, 1.807) is 0 Å². The Bertz CT molecular complexity index is 234. The zero-order valence-electron chi connectivity index (χ0n) is 17.0. The lowest BCUT2D eigenvalue weighted by molar-refractivity contribution is 0.295. The van der Waals surface area contributed by atoms with E-state index in [2.05, 4.69) is 18.7 Å². The molecule has 24 heavy (non-hydrogen) atoms. The third kappa shape index (κ3) is 13.2. The number of nitrogens with zero attached hydrogens (tertiary/aromatic N) is 1. The summed E-state index contributed by atoms with van der Waals surface area (Å²) in [7, 11) is 0. The zero-order chi connectivity index (χ0) is 16.6. The molecule has 1 rings (SSSR count). The minimum Gasteiger partial charge on any atom is -0.412 e. The molecule has 146 valence electrons. The lowest BCUT2D eigenvalue weighted by Crippen LogP contribution is -2.23. The lowest BCUT2D eigenvalue weighted by atomic mass is 9.85. The molecule has 0 aliphatic heterocycles. The van der Waals surface area contributed by atoms with Crippen molar-refractivity contribution in [3.63, 3.8) is 0 Å². The first-order chi connectivity index (χ1) is 11.4. The van der Waals surface area contributed by atoms with Gasteiger partial charge < -0.3 is 10.4 Å². The van der Waals surface area contributed by atoms with E-state index < -0.39 is 0 Å². The molecular weight excluding hydrogens is 294 g/mol. The third-order valence-electron chi connectivity index (χ3n) is 5.96. The van der Waals surface area contributed by atoms with Crippen LogP contribution in [0.25, 0.3) is 0 Å². The van der Waals surface area contributed by atoms with Gasteiger partial charge in [-0.2, -0.15) is 0 Å². The molecule has 2 N–H and O–H groups in total. The fraction of sp³-hybridized carbons (Fsp3) is 1.00. The topological polar surface area (TPSA) is 34.7 Å². The van der Waals surface area contributed by atoms with E-state index in [1.807, 2.05) is 0 Å². The summed E-state index contributed by atoms with van der Waals surface area (Å²) in [4.78, 5) is 2.55. The van der Waals surface area contributed by atoms with Gasteiger partial charge in [-0.15, -0.1) is 0 Å². The van der Waals surface area contributed by atoms with Gasteiger partial charge in [-0.3, -0.25) is 0 Å². The van der Waals surface area contributed by atoms with Crippen molar-refractivity contribution in [3.8, 4) is 0 Å². The molecule has 0 aromatic carbocycles. The van der Waals surface area contributed by atoms with Crippen molar-refractivity contribution in [3.05, 3.63) is 0 Å². The minimum atomic E-state index is 0. The van der Waals surface area contributed by atoms with Crippen LogP contribution in [0.2, 0.25) is 0 Å². The maximum atomic E-state index is 2.55. The highest BCUT2D eigenvalue weighted by atomic mass is 16.0. The molecule has 0 bridgehead atoms. The Hall–Kier alpha value is -0.0800. The number of rotatable bonds is 15. The maximum Gasteiger partial charge on any atom is -0.00190 e. The van der Waals surface area contributed by atoms with Crippen LogP contribution in [-0.4, -0.2) is 30.0 Å². The zero-order valence-corrected chi connectivity index (χ0v) is 17.0. The van der Waals surface area contributed by atoms with E-state index in [0.717, 1.165) is 5.92 Å². The van der Waals surface area contributed by atoms with Crippen molar-refractivity contribution in [2.45, 2.75) is 117 Å². The molecule has 0 unspecified atom stereocenters. The molecule has 0 atom stereocenters. The van der Waals surface area contributed by atoms with Crippen LogP contribution >= 0.6 is 0 Å². The largest absolute Gasteiger partial charge is 0.412 e. The summed E-state index contributed by atoms with van der Waals surface area (Å²) in [5.41, 5.74) is 0. The van der Waals surface area contributed by atoms with Gasteiger partial charge in [0.05, 0.1) is 0 Å². The summed E-state index contributed by atoms with van der Waals surface area (Å²) in [6, 6.07) is 0. The molecule has 1 fully saturated rings. The van der Waals surface area contributed by atoms with Crippen molar-refractivity contribution in [2.24, 2.45) is 5.92 Å². The van der Waals surface area contributed by atoms with Crippen molar-refractivity contribution >= 4 is 0 Å². The van der Waals surface area contributed by atoms with Crippen LogP contribution in [0, 0.1) is 5.92 Å². The van der Waals surface area contributed by atoms with Gasteiger partial charge in [0.25, 0.3) is 0 Å². The lowest BCUT2D eigenvalue weighted by Gasteiger charge is -2.21. The highest BCUT2D eigenvalue weighted by molar-refractivity contribution is 4.65. The third-order valence-corrected chi connectivity index (χ3v) is 5.96. The van der Waals surface area contributed by atoms with Crippen LogP contribution in [-0.2, 0) is 0 Å². The summed E-state index contributed by atoms with van der Waals surface area (Å²) in [6.45, 7) is 8.31. The predicted octanol–water partition coefficient (Wildman–Crippen LogP) is 6.37. The van der Waals surface area contributed by atoms with E-state index in [1.165, 1.54) is 122 Å². The second-order valence-electron chi connectivity index (χ2n) is 7.86. The minimum absolute atomic E-state index is 0. The summed E-state index contributed by atoms with van der Waals surface area (Å²) in [5, 5.41) is 0. The Balaban J connectivity index is 0.00000529. The fourth-order valence-corrected chi connectivity index (χ4v) is 4.20. The van der Waals surface area contributed by atoms with E-state index >= 15 is 0 Å². The summed E-state index contributed by atoms with van der Waals surface area (Å²) >= 11 is 0. The first-order valence-electron chi connectivity index (χ1n) is 11.1. The average molecular weight is 342 g/mol. The highest BCUT2D eigenvalue weighted by Gasteiger charge is 2.12. The van der Waals surface area contributed by atoms with Crippen molar-refractivity contribution in [1.29, 1.82) is 0 Å².